The first-order chi connectivity index (χ1) is 21.3. The van der Waals surface area contributed by atoms with Crippen molar-refractivity contribution in [3.63, 3.8) is 0 Å². The van der Waals surface area contributed by atoms with Crippen molar-refractivity contribution in [1.82, 2.24) is 10.2 Å². The molecule has 2 aliphatic rings. The molecule has 1 aliphatic heterocycles. The van der Waals surface area contributed by atoms with Crippen molar-refractivity contribution in [1.29, 1.82) is 0 Å². The number of rotatable bonds is 10. The summed E-state index contributed by atoms with van der Waals surface area (Å²) in [6.45, 7) is 2.12. The van der Waals surface area contributed by atoms with Gasteiger partial charge in [-0.3, -0.25) is 9.59 Å². The van der Waals surface area contributed by atoms with Gasteiger partial charge in [0.25, 0.3) is 0 Å². The molecule has 2 fully saturated rings. The summed E-state index contributed by atoms with van der Waals surface area (Å²) in [5, 5.41) is 3.06. The van der Waals surface area contributed by atoms with Gasteiger partial charge in [-0.05, 0) is 81.2 Å². The minimum Gasteiger partial charge on any atom is -0.370 e. The van der Waals surface area contributed by atoms with Gasteiger partial charge in [-0.2, -0.15) is 26.3 Å². The summed E-state index contributed by atoms with van der Waals surface area (Å²) in [4.78, 5) is 27.6. The molecular formula is C33H39ClF6N2O3. The van der Waals surface area contributed by atoms with Crippen molar-refractivity contribution < 1.29 is 40.7 Å². The van der Waals surface area contributed by atoms with Gasteiger partial charge >= 0.3 is 12.4 Å². The molecule has 12 heteroatoms. The van der Waals surface area contributed by atoms with Gasteiger partial charge in [0.05, 0.1) is 23.3 Å². The van der Waals surface area contributed by atoms with E-state index in [-0.39, 0.29) is 41.3 Å². The first-order valence-corrected chi connectivity index (χ1v) is 15.9. The Hall–Kier alpha value is -2.79. The van der Waals surface area contributed by atoms with Crippen molar-refractivity contribution in [2.45, 2.75) is 94.8 Å². The largest absolute Gasteiger partial charge is 0.416 e. The molecule has 1 saturated heterocycles. The van der Waals surface area contributed by atoms with Crippen LogP contribution in [0, 0.1) is 5.92 Å². The Morgan fingerprint density at radius 3 is 2.13 bits per heavy atom. The Morgan fingerprint density at radius 2 is 1.56 bits per heavy atom. The van der Waals surface area contributed by atoms with Gasteiger partial charge in [0.15, 0.2) is 0 Å². The fourth-order valence-electron chi connectivity index (χ4n) is 6.29. The lowest BCUT2D eigenvalue weighted by atomic mass is 9.83. The molecule has 0 unspecified atom stereocenters. The fourth-order valence-corrected chi connectivity index (χ4v) is 6.48. The van der Waals surface area contributed by atoms with Crippen LogP contribution in [0.5, 0.6) is 0 Å². The number of unbranched alkanes of at least 4 members (excludes halogenated alkanes) is 1. The van der Waals surface area contributed by atoms with E-state index in [1.807, 2.05) is 30.3 Å². The highest BCUT2D eigenvalue weighted by molar-refractivity contribution is 6.17. The zero-order chi connectivity index (χ0) is 32.8. The average molecular weight is 661 g/mol. The summed E-state index contributed by atoms with van der Waals surface area (Å²) >= 11 is 5.68. The maximum atomic E-state index is 13.6. The van der Waals surface area contributed by atoms with Crippen molar-refractivity contribution in [3.8, 4) is 0 Å². The van der Waals surface area contributed by atoms with E-state index in [4.69, 9.17) is 16.3 Å². The Morgan fingerprint density at radius 1 is 0.933 bits per heavy atom. The number of likely N-dealkylation sites (tertiary alicyclic amines) is 1. The molecule has 0 aromatic heterocycles. The summed E-state index contributed by atoms with van der Waals surface area (Å²) in [7, 11) is 0. The summed E-state index contributed by atoms with van der Waals surface area (Å²) < 4.78 is 87.1. The topological polar surface area (TPSA) is 58.6 Å². The van der Waals surface area contributed by atoms with Crippen LogP contribution in [0.2, 0.25) is 0 Å². The van der Waals surface area contributed by atoms with Gasteiger partial charge in [-0.15, -0.1) is 11.6 Å². The summed E-state index contributed by atoms with van der Waals surface area (Å²) in [5.41, 5.74) is -2.12. The highest BCUT2D eigenvalue weighted by Crippen LogP contribution is 2.40. The second-order valence-electron chi connectivity index (χ2n) is 12.0. The number of alkyl halides is 7. The van der Waals surface area contributed by atoms with Crippen LogP contribution in [0.15, 0.2) is 48.5 Å². The molecule has 0 spiro atoms. The molecular weight excluding hydrogens is 622 g/mol. The summed E-state index contributed by atoms with van der Waals surface area (Å²) in [6, 6.07) is 10.8. The van der Waals surface area contributed by atoms with Crippen LogP contribution in [0.3, 0.4) is 0 Å². The maximum absolute atomic E-state index is 13.6. The number of carbonyl (C=O) groups is 2. The molecule has 248 valence electrons. The van der Waals surface area contributed by atoms with E-state index in [1.54, 1.807) is 4.90 Å². The zero-order valence-corrected chi connectivity index (χ0v) is 25.9. The third-order valence-corrected chi connectivity index (χ3v) is 9.04. The van der Waals surface area contributed by atoms with E-state index in [1.165, 1.54) is 6.92 Å². The minimum atomic E-state index is -4.96. The summed E-state index contributed by atoms with van der Waals surface area (Å²) in [6.07, 6.45) is -6.50. The predicted octanol–water partition coefficient (Wildman–Crippen LogP) is 8.27. The van der Waals surface area contributed by atoms with Gasteiger partial charge in [0.1, 0.15) is 0 Å². The number of hydrogen-bond donors (Lipinski definition) is 1. The number of piperidine rings is 1. The van der Waals surface area contributed by atoms with Crippen molar-refractivity contribution in [2.24, 2.45) is 5.92 Å². The average Bonchev–Trinajstić information content (AvgIpc) is 3.00. The van der Waals surface area contributed by atoms with E-state index in [2.05, 4.69) is 5.32 Å². The van der Waals surface area contributed by atoms with Crippen LogP contribution in [-0.4, -0.2) is 47.8 Å². The number of nitrogens with one attached hydrogen (secondary N) is 1. The van der Waals surface area contributed by atoms with Crippen LogP contribution in [0.4, 0.5) is 26.3 Å². The first kappa shape index (κ1) is 35.1. The quantitative estimate of drug-likeness (QED) is 0.159. The van der Waals surface area contributed by atoms with Crippen molar-refractivity contribution in [3.05, 3.63) is 70.8 Å². The summed E-state index contributed by atoms with van der Waals surface area (Å²) in [5.74, 6) is 0.0155. The van der Waals surface area contributed by atoms with Crippen LogP contribution < -0.4 is 5.32 Å². The molecule has 4 rings (SSSR count). The monoisotopic (exact) mass is 660 g/mol. The van der Waals surface area contributed by atoms with Crippen LogP contribution in [0.1, 0.15) is 92.6 Å². The highest BCUT2D eigenvalue weighted by Gasteiger charge is 2.40. The van der Waals surface area contributed by atoms with Gasteiger partial charge in [-0.1, -0.05) is 30.3 Å². The van der Waals surface area contributed by atoms with Crippen molar-refractivity contribution >= 4 is 23.4 Å². The Balaban J connectivity index is 1.43. The molecule has 1 saturated carbocycles. The van der Waals surface area contributed by atoms with Gasteiger partial charge in [0.2, 0.25) is 11.8 Å². The third kappa shape index (κ3) is 9.61. The van der Waals surface area contributed by atoms with Crippen LogP contribution in [-0.2, 0) is 26.7 Å². The number of ether oxygens (including phenoxy) is 1. The number of benzene rings is 2. The Labute approximate surface area is 264 Å². The van der Waals surface area contributed by atoms with Crippen LogP contribution in [0.25, 0.3) is 0 Å². The van der Waals surface area contributed by atoms with Gasteiger partial charge in [0, 0.05) is 43.3 Å². The van der Waals surface area contributed by atoms with Crippen LogP contribution >= 0.6 is 11.6 Å². The molecule has 2 aromatic rings. The Bertz CT molecular complexity index is 1250. The molecule has 3 atom stereocenters. The maximum Gasteiger partial charge on any atom is 0.416 e. The lowest BCUT2D eigenvalue weighted by molar-refractivity contribution is -0.143. The Kier molecular flexibility index (Phi) is 11.8. The predicted molar refractivity (Wildman–Crippen MR) is 159 cm³/mol. The lowest BCUT2D eigenvalue weighted by Gasteiger charge is -2.42. The molecule has 2 amide bonds. The lowest BCUT2D eigenvalue weighted by Crippen LogP contribution is -2.49. The van der Waals surface area contributed by atoms with Crippen molar-refractivity contribution in [2.75, 3.05) is 19.0 Å². The second-order valence-corrected chi connectivity index (χ2v) is 12.4. The molecule has 2 aromatic carbocycles. The van der Waals surface area contributed by atoms with E-state index >= 15 is 0 Å². The van der Waals surface area contributed by atoms with Gasteiger partial charge < -0.3 is 15.0 Å². The highest BCUT2D eigenvalue weighted by atomic mass is 35.5. The van der Waals surface area contributed by atoms with Gasteiger partial charge in [-0.25, -0.2) is 0 Å². The van der Waals surface area contributed by atoms with E-state index < -0.39 is 35.7 Å². The minimum absolute atomic E-state index is 0.00309. The fraction of sp³-hybridized carbons (Fsp3) is 0.576. The number of halogens is 7. The molecule has 5 nitrogen and oxygen atoms in total. The van der Waals surface area contributed by atoms with E-state index in [0.717, 1.165) is 18.4 Å². The molecule has 1 aliphatic carbocycles. The first-order valence-electron chi connectivity index (χ1n) is 15.4. The molecule has 0 bridgehead atoms. The number of amides is 2. The smallest absolute Gasteiger partial charge is 0.370 e. The SMILES string of the molecule is C[C@@H](O[C@H]1CCN(C(=O)[C@H]2CC[C@H](NC(=O)CCCCCl)CC2)C[C@H]1c1ccccc1)c1cc(C(F)(F)F)cc(C(F)(F)F)c1. The molecule has 45 heavy (non-hydrogen) atoms. The number of nitrogens with zero attached hydrogens (tertiary/aromatic N) is 1. The van der Waals surface area contributed by atoms with E-state index in [0.29, 0.717) is 69.6 Å². The molecule has 0 radical (unpaired) electrons. The second kappa shape index (κ2) is 15.2. The number of hydrogen-bond acceptors (Lipinski definition) is 3. The standard InChI is InChI=1S/C33H39ClF6N2O3/c1-21(24-17-25(32(35,36)37)19-26(18-24)33(38,39)40)45-29-14-16-42(20-28(29)22-7-3-2-4-8-22)31(44)23-10-12-27(13-11-23)41-30(43)9-5-6-15-34/h2-4,7-8,17-19,21,23,27-29H,5-6,9-16,20H2,1H3,(H,41,43)/t21-,23-,27-,28+,29+/m1/s1. The molecule has 1 heterocycles. The third-order valence-electron chi connectivity index (χ3n) is 8.78. The normalized spacial score (nSPS) is 23.4. The molecule has 1 N–H and O–H groups in total. The number of carbonyl (C=O) groups excluding carboxylic acids is 2. The van der Waals surface area contributed by atoms with E-state index in [9.17, 15) is 35.9 Å². The zero-order valence-electron chi connectivity index (χ0n) is 25.1.